The third kappa shape index (κ3) is 3.09. The predicted octanol–water partition coefficient (Wildman–Crippen LogP) is -0.0775. The van der Waals surface area contributed by atoms with Crippen LogP contribution in [0.25, 0.3) is 0 Å². The number of hydrogen-bond acceptors (Lipinski definition) is 4. The Kier molecular flexibility index (Phi) is 4.48. The number of nitrogens with one attached hydrogen (secondary N) is 1. The minimum absolute atomic E-state index is 0.143. The second-order valence-corrected chi connectivity index (χ2v) is 3.21. The van der Waals surface area contributed by atoms with Crippen LogP contribution in [0.4, 0.5) is 0 Å². The van der Waals surface area contributed by atoms with Gasteiger partial charge in [-0.2, -0.15) is 0 Å². The van der Waals surface area contributed by atoms with E-state index in [1.54, 1.807) is 7.05 Å². The van der Waals surface area contributed by atoms with Crippen molar-refractivity contribution >= 4 is 15.9 Å². The van der Waals surface area contributed by atoms with Crippen LogP contribution in [0.15, 0.2) is 10.3 Å². The molecule has 0 rings (SSSR count). The van der Waals surface area contributed by atoms with Gasteiger partial charge in [0.2, 0.25) is 0 Å². The minimum Gasteiger partial charge on any atom is -0.392 e. The van der Waals surface area contributed by atoms with Gasteiger partial charge in [0.05, 0.1) is 10.3 Å². The van der Waals surface area contributed by atoms with E-state index in [-0.39, 0.29) is 6.04 Å². The van der Waals surface area contributed by atoms with Crippen molar-refractivity contribution in [2.75, 3.05) is 14.1 Å². The van der Waals surface area contributed by atoms with Crippen LogP contribution in [0.5, 0.6) is 0 Å². The number of nitrogens with zero attached hydrogens (tertiary/aromatic N) is 1. The van der Waals surface area contributed by atoms with Crippen molar-refractivity contribution in [3.63, 3.8) is 0 Å². The second-order valence-electron chi connectivity index (χ2n) is 2.35. The SMILES string of the molecule is CNC(C)/C(=C(/N)Br)N(C)N. The first kappa shape index (κ1) is 10.7. The molecule has 0 amide bonds. The van der Waals surface area contributed by atoms with E-state index in [2.05, 4.69) is 21.2 Å². The fourth-order valence-electron chi connectivity index (χ4n) is 0.817. The zero-order chi connectivity index (χ0) is 9.02. The smallest absolute Gasteiger partial charge is 0.0978 e. The first-order valence-electron chi connectivity index (χ1n) is 3.31. The maximum atomic E-state index is 5.55. The third-order valence-electron chi connectivity index (χ3n) is 1.47. The molecule has 1 atom stereocenters. The van der Waals surface area contributed by atoms with Crippen LogP contribution in [-0.4, -0.2) is 25.1 Å². The van der Waals surface area contributed by atoms with E-state index in [1.165, 1.54) is 5.01 Å². The Labute approximate surface area is 75.7 Å². The number of rotatable bonds is 3. The maximum Gasteiger partial charge on any atom is 0.0978 e. The lowest BCUT2D eigenvalue weighted by atomic mass is 10.2. The lowest BCUT2D eigenvalue weighted by molar-refractivity contribution is 0.391. The maximum absolute atomic E-state index is 5.55. The summed E-state index contributed by atoms with van der Waals surface area (Å²) in [6.45, 7) is 1.98. The van der Waals surface area contributed by atoms with Crippen LogP contribution in [-0.2, 0) is 0 Å². The lowest BCUT2D eigenvalue weighted by Gasteiger charge is -2.22. The van der Waals surface area contributed by atoms with E-state index in [9.17, 15) is 0 Å². The molecule has 0 aromatic rings. The van der Waals surface area contributed by atoms with Crippen LogP contribution in [0.3, 0.4) is 0 Å². The molecule has 0 aliphatic rings. The van der Waals surface area contributed by atoms with Crippen LogP contribution in [0.2, 0.25) is 0 Å². The van der Waals surface area contributed by atoms with Gasteiger partial charge < -0.3 is 16.1 Å². The van der Waals surface area contributed by atoms with E-state index in [4.69, 9.17) is 11.6 Å². The van der Waals surface area contributed by atoms with Gasteiger partial charge in [0.1, 0.15) is 0 Å². The lowest BCUT2D eigenvalue weighted by Crippen LogP contribution is -2.38. The fourth-order valence-corrected chi connectivity index (χ4v) is 1.44. The Morgan fingerprint density at radius 2 is 2.09 bits per heavy atom. The summed E-state index contributed by atoms with van der Waals surface area (Å²) in [6, 6.07) is 0.143. The molecule has 0 radical (unpaired) electrons. The van der Waals surface area contributed by atoms with Crippen molar-refractivity contribution < 1.29 is 0 Å². The molecule has 0 aromatic heterocycles. The highest BCUT2D eigenvalue weighted by Gasteiger charge is 2.11. The second kappa shape index (κ2) is 4.58. The van der Waals surface area contributed by atoms with Crippen molar-refractivity contribution in [2.45, 2.75) is 13.0 Å². The standard InChI is InChI=1S/C6H15BrN4/c1-4(10-2)5(6(7)8)11(3)9/h4,10H,8-9H2,1-3H3/b6-5-. The highest BCUT2D eigenvalue weighted by Crippen LogP contribution is 2.10. The molecule has 4 nitrogen and oxygen atoms in total. The largest absolute Gasteiger partial charge is 0.392 e. The monoisotopic (exact) mass is 222 g/mol. The topological polar surface area (TPSA) is 67.3 Å². The molecule has 66 valence electrons. The summed E-state index contributed by atoms with van der Waals surface area (Å²) in [4.78, 5) is 0. The predicted molar refractivity (Wildman–Crippen MR) is 50.6 cm³/mol. The molecule has 0 saturated carbocycles. The zero-order valence-electron chi connectivity index (χ0n) is 7.06. The first-order chi connectivity index (χ1) is 5.00. The van der Waals surface area contributed by atoms with Gasteiger partial charge in [-0.25, -0.2) is 5.84 Å². The van der Waals surface area contributed by atoms with E-state index < -0.39 is 0 Å². The molecule has 0 aromatic carbocycles. The Balaban J connectivity index is 4.49. The highest BCUT2D eigenvalue weighted by molar-refractivity contribution is 9.11. The molecule has 0 aliphatic carbocycles. The van der Waals surface area contributed by atoms with Gasteiger partial charge in [-0.1, -0.05) is 0 Å². The average Bonchev–Trinajstić information content (AvgIpc) is 1.85. The molecule has 0 heterocycles. The number of nitrogens with two attached hydrogens (primary N) is 2. The van der Waals surface area contributed by atoms with Crippen molar-refractivity contribution in [1.82, 2.24) is 10.3 Å². The molecule has 0 bridgehead atoms. The van der Waals surface area contributed by atoms with Crippen molar-refractivity contribution in [3.8, 4) is 0 Å². The first-order valence-corrected chi connectivity index (χ1v) is 4.10. The summed E-state index contributed by atoms with van der Waals surface area (Å²) in [5.41, 5.74) is 6.39. The van der Waals surface area contributed by atoms with Crippen LogP contribution >= 0.6 is 15.9 Å². The molecule has 0 aliphatic heterocycles. The van der Waals surface area contributed by atoms with E-state index in [0.717, 1.165) is 5.70 Å². The van der Waals surface area contributed by atoms with Gasteiger partial charge in [-0.05, 0) is 29.9 Å². The van der Waals surface area contributed by atoms with E-state index in [1.807, 2.05) is 14.0 Å². The van der Waals surface area contributed by atoms with E-state index in [0.29, 0.717) is 4.61 Å². The summed E-state index contributed by atoms with van der Waals surface area (Å²) in [7, 11) is 3.60. The Morgan fingerprint density at radius 3 is 2.18 bits per heavy atom. The van der Waals surface area contributed by atoms with Crippen LogP contribution < -0.4 is 16.9 Å². The number of halogens is 1. The summed E-state index contributed by atoms with van der Waals surface area (Å²) in [5, 5.41) is 4.53. The van der Waals surface area contributed by atoms with Crippen molar-refractivity contribution in [1.29, 1.82) is 0 Å². The molecule has 1 unspecified atom stereocenters. The Morgan fingerprint density at radius 1 is 1.64 bits per heavy atom. The average molecular weight is 223 g/mol. The molecule has 5 N–H and O–H groups in total. The van der Waals surface area contributed by atoms with Gasteiger partial charge in [-0.3, -0.25) is 0 Å². The van der Waals surface area contributed by atoms with Gasteiger partial charge in [0, 0.05) is 13.1 Å². The highest BCUT2D eigenvalue weighted by atomic mass is 79.9. The summed E-state index contributed by atoms with van der Waals surface area (Å²) in [5.74, 6) is 5.54. The molecule has 0 fully saturated rings. The summed E-state index contributed by atoms with van der Waals surface area (Å²) in [6.07, 6.45) is 0. The molecular formula is C6H15BrN4. The molecule has 0 spiro atoms. The minimum atomic E-state index is 0.143. The molecular weight excluding hydrogens is 208 g/mol. The van der Waals surface area contributed by atoms with Gasteiger partial charge in [-0.15, -0.1) is 0 Å². The van der Waals surface area contributed by atoms with Gasteiger partial charge in [0.15, 0.2) is 0 Å². The summed E-state index contributed by atoms with van der Waals surface area (Å²) >= 11 is 3.18. The fraction of sp³-hybridized carbons (Fsp3) is 0.667. The van der Waals surface area contributed by atoms with Crippen LogP contribution in [0.1, 0.15) is 6.92 Å². The normalized spacial score (nSPS) is 15.7. The Bertz CT molecular complexity index is 151. The Hall–Kier alpha value is -0.260. The quantitative estimate of drug-likeness (QED) is 0.355. The van der Waals surface area contributed by atoms with Crippen molar-refractivity contribution in [2.24, 2.45) is 11.6 Å². The van der Waals surface area contributed by atoms with Gasteiger partial charge in [0.25, 0.3) is 0 Å². The molecule has 0 saturated heterocycles. The number of hydrazine groups is 1. The van der Waals surface area contributed by atoms with Gasteiger partial charge >= 0.3 is 0 Å². The zero-order valence-corrected chi connectivity index (χ0v) is 8.64. The molecule has 5 heteroatoms. The number of hydrogen-bond donors (Lipinski definition) is 3. The molecule has 11 heavy (non-hydrogen) atoms. The summed E-state index contributed by atoms with van der Waals surface area (Å²) < 4.78 is 0.560. The van der Waals surface area contributed by atoms with Crippen molar-refractivity contribution in [3.05, 3.63) is 10.3 Å². The van der Waals surface area contributed by atoms with Crippen LogP contribution in [0, 0.1) is 0 Å². The third-order valence-corrected chi connectivity index (χ3v) is 1.87. The number of likely N-dealkylation sites (N-methyl/N-ethyl adjacent to an activating group) is 2. The van der Waals surface area contributed by atoms with E-state index >= 15 is 0 Å².